The van der Waals surface area contributed by atoms with E-state index in [4.69, 9.17) is 14.6 Å². The topological polar surface area (TPSA) is 105 Å². The summed E-state index contributed by atoms with van der Waals surface area (Å²) in [5.41, 5.74) is 0.335. The molecule has 0 saturated carbocycles. The molecule has 0 bridgehead atoms. The van der Waals surface area contributed by atoms with Crippen molar-refractivity contribution < 1.29 is 29.0 Å². The standard InChI is InChI=1S/C20H28N2O6/c1-12(2)18(21-19(25)15-7-5-6-8-16(15)28-4)20(26)22-11-14(27-3)9-13(22)10-17(23)24/h5-8,12-14,18H,9-11H2,1-4H3,(H,21,25)(H,23,24). The third-order valence-electron chi connectivity index (χ3n) is 4.97. The number of nitrogens with one attached hydrogen (secondary N) is 1. The molecule has 0 radical (unpaired) electrons. The number of benzene rings is 1. The maximum atomic E-state index is 13.2. The molecule has 1 fully saturated rings. The number of carboxylic acid groups (broad SMARTS) is 1. The molecule has 1 saturated heterocycles. The Morgan fingerprint density at radius 2 is 1.93 bits per heavy atom. The molecule has 0 aliphatic carbocycles. The fourth-order valence-electron chi connectivity index (χ4n) is 3.45. The molecule has 3 unspecified atom stereocenters. The molecule has 0 spiro atoms. The van der Waals surface area contributed by atoms with Gasteiger partial charge in [-0.05, 0) is 24.5 Å². The van der Waals surface area contributed by atoms with Crippen molar-refractivity contribution in [1.82, 2.24) is 10.2 Å². The highest BCUT2D eigenvalue weighted by atomic mass is 16.5. The number of nitrogens with zero attached hydrogens (tertiary/aromatic N) is 1. The Morgan fingerprint density at radius 3 is 2.50 bits per heavy atom. The van der Waals surface area contributed by atoms with E-state index in [9.17, 15) is 14.4 Å². The van der Waals surface area contributed by atoms with Crippen LogP contribution in [-0.4, -0.2) is 66.7 Å². The van der Waals surface area contributed by atoms with E-state index in [2.05, 4.69) is 5.32 Å². The Balaban J connectivity index is 2.21. The van der Waals surface area contributed by atoms with Crippen LogP contribution in [0.1, 0.15) is 37.0 Å². The molecule has 1 aromatic carbocycles. The summed E-state index contributed by atoms with van der Waals surface area (Å²) >= 11 is 0. The van der Waals surface area contributed by atoms with Crippen LogP contribution in [-0.2, 0) is 14.3 Å². The minimum atomic E-state index is -0.973. The van der Waals surface area contributed by atoms with E-state index in [0.717, 1.165) is 0 Å². The quantitative estimate of drug-likeness (QED) is 0.695. The summed E-state index contributed by atoms with van der Waals surface area (Å²) in [4.78, 5) is 38.7. The van der Waals surface area contributed by atoms with Crippen LogP contribution in [0.3, 0.4) is 0 Å². The first kappa shape index (κ1) is 21.7. The smallest absolute Gasteiger partial charge is 0.305 e. The molecular weight excluding hydrogens is 364 g/mol. The number of carbonyl (C=O) groups excluding carboxylic acids is 2. The van der Waals surface area contributed by atoms with Crippen LogP contribution in [0.5, 0.6) is 5.75 Å². The van der Waals surface area contributed by atoms with E-state index < -0.39 is 24.0 Å². The molecule has 3 atom stereocenters. The summed E-state index contributed by atoms with van der Waals surface area (Å²) in [5.74, 6) is -1.46. The predicted molar refractivity (Wildman–Crippen MR) is 102 cm³/mol. The van der Waals surface area contributed by atoms with Gasteiger partial charge in [0.2, 0.25) is 5.91 Å². The summed E-state index contributed by atoms with van der Waals surface area (Å²) in [6.07, 6.45) is 0.0856. The molecule has 1 aromatic rings. The van der Waals surface area contributed by atoms with Crippen LogP contribution in [0.4, 0.5) is 0 Å². The average Bonchev–Trinajstić information content (AvgIpc) is 3.07. The molecule has 1 heterocycles. The number of methoxy groups -OCH3 is 2. The van der Waals surface area contributed by atoms with Crippen LogP contribution in [0.15, 0.2) is 24.3 Å². The monoisotopic (exact) mass is 392 g/mol. The highest BCUT2D eigenvalue weighted by Crippen LogP contribution is 2.25. The average molecular weight is 392 g/mol. The Morgan fingerprint density at radius 1 is 1.25 bits per heavy atom. The molecule has 1 aliphatic heterocycles. The minimum absolute atomic E-state index is 0.156. The third kappa shape index (κ3) is 5.01. The van der Waals surface area contributed by atoms with Gasteiger partial charge >= 0.3 is 5.97 Å². The number of carbonyl (C=O) groups is 3. The molecule has 8 nitrogen and oxygen atoms in total. The van der Waals surface area contributed by atoms with Crippen LogP contribution >= 0.6 is 0 Å². The van der Waals surface area contributed by atoms with Gasteiger partial charge in [0.25, 0.3) is 5.91 Å². The van der Waals surface area contributed by atoms with Gasteiger partial charge in [0, 0.05) is 19.7 Å². The normalized spacial score (nSPS) is 20.1. The first-order valence-corrected chi connectivity index (χ1v) is 9.27. The third-order valence-corrected chi connectivity index (χ3v) is 4.97. The molecule has 28 heavy (non-hydrogen) atoms. The second-order valence-corrected chi connectivity index (χ2v) is 7.23. The highest BCUT2D eigenvalue weighted by molar-refractivity contribution is 5.99. The predicted octanol–water partition coefficient (Wildman–Crippen LogP) is 1.54. The van der Waals surface area contributed by atoms with E-state index in [1.807, 2.05) is 13.8 Å². The molecule has 1 aliphatic rings. The molecular formula is C20H28N2O6. The highest BCUT2D eigenvalue weighted by Gasteiger charge is 2.40. The zero-order valence-corrected chi connectivity index (χ0v) is 16.7. The van der Waals surface area contributed by atoms with Crippen LogP contribution in [0, 0.1) is 5.92 Å². The Kier molecular flexibility index (Phi) is 7.39. The van der Waals surface area contributed by atoms with Crippen molar-refractivity contribution in [1.29, 1.82) is 0 Å². The number of aliphatic carboxylic acids is 1. The van der Waals surface area contributed by atoms with Gasteiger partial charge in [-0.3, -0.25) is 14.4 Å². The second-order valence-electron chi connectivity index (χ2n) is 7.23. The largest absolute Gasteiger partial charge is 0.496 e. The first-order valence-electron chi connectivity index (χ1n) is 9.27. The molecule has 2 N–H and O–H groups in total. The fraction of sp³-hybridized carbons (Fsp3) is 0.550. The number of rotatable bonds is 8. The summed E-state index contributed by atoms with van der Waals surface area (Å²) < 4.78 is 10.6. The lowest BCUT2D eigenvalue weighted by Gasteiger charge is -2.30. The molecule has 2 rings (SSSR count). The van der Waals surface area contributed by atoms with Crippen LogP contribution in [0.2, 0.25) is 0 Å². The van der Waals surface area contributed by atoms with Crippen molar-refractivity contribution in [3.8, 4) is 5.75 Å². The lowest BCUT2D eigenvalue weighted by atomic mass is 10.0. The van der Waals surface area contributed by atoms with Gasteiger partial charge in [0.05, 0.1) is 25.2 Å². The number of hydrogen-bond acceptors (Lipinski definition) is 5. The van der Waals surface area contributed by atoms with Gasteiger partial charge in [-0.1, -0.05) is 26.0 Å². The lowest BCUT2D eigenvalue weighted by molar-refractivity contribution is -0.140. The number of carboxylic acids is 1. The van der Waals surface area contributed by atoms with Crippen molar-refractivity contribution in [2.75, 3.05) is 20.8 Å². The van der Waals surface area contributed by atoms with Gasteiger partial charge in [-0.15, -0.1) is 0 Å². The van der Waals surface area contributed by atoms with Gasteiger partial charge in [-0.25, -0.2) is 0 Å². The van der Waals surface area contributed by atoms with Crippen LogP contribution < -0.4 is 10.1 Å². The van der Waals surface area contributed by atoms with Crippen molar-refractivity contribution in [3.05, 3.63) is 29.8 Å². The van der Waals surface area contributed by atoms with E-state index in [1.54, 1.807) is 31.4 Å². The van der Waals surface area contributed by atoms with Gasteiger partial charge in [0.15, 0.2) is 0 Å². The molecule has 0 aromatic heterocycles. The second kappa shape index (κ2) is 9.54. The summed E-state index contributed by atoms with van der Waals surface area (Å²) in [5, 5.41) is 12.0. The molecule has 154 valence electrons. The Hall–Kier alpha value is -2.61. The van der Waals surface area contributed by atoms with Crippen molar-refractivity contribution in [2.24, 2.45) is 5.92 Å². The lowest BCUT2D eigenvalue weighted by Crippen LogP contribution is -2.53. The number of amides is 2. The fourth-order valence-corrected chi connectivity index (χ4v) is 3.45. The van der Waals surface area contributed by atoms with Crippen molar-refractivity contribution >= 4 is 17.8 Å². The number of likely N-dealkylation sites (tertiary alicyclic amines) is 1. The van der Waals surface area contributed by atoms with E-state index in [1.165, 1.54) is 12.0 Å². The zero-order valence-electron chi connectivity index (χ0n) is 16.7. The number of ether oxygens (including phenoxy) is 2. The summed E-state index contributed by atoms with van der Waals surface area (Å²) in [6.45, 7) is 3.98. The maximum absolute atomic E-state index is 13.2. The molecule has 2 amide bonds. The molecule has 8 heteroatoms. The summed E-state index contributed by atoms with van der Waals surface area (Å²) in [6, 6.07) is 5.53. The van der Waals surface area contributed by atoms with E-state index in [-0.39, 0.29) is 24.3 Å². The van der Waals surface area contributed by atoms with E-state index in [0.29, 0.717) is 24.3 Å². The van der Waals surface area contributed by atoms with E-state index >= 15 is 0 Å². The van der Waals surface area contributed by atoms with Crippen molar-refractivity contribution in [3.63, 3.8) is 0 Å². The minimum Gasteiger partial charge on any atom is -0.496 e. The SMILES string of the molecule is COc1ccccc1C(=O)NC(C(=O)N1CC(OC)CC1CC(=O)O)C(C)C. The Labute approximate surface area is 164 Å². The number of hydrogen-bond donors (Lipinski definition) is 2. The van der Waals surface area contributed by atoms with Gasteiger partial charge in [-0.2, -0.15) is 0 Å². The van der Waals surface area contributed by atoms with Crippen LogP contribution in [0.25, 0.3) is 0 Å². The van der Waals surface area contributed by atoms with Gasteiger partial charge < -0.3 is 24.8 Å². The summed E-state index contributed by atoms with van der Waals surface area (Å²) in [7, 11) is 3.02. The maximum Gasteiger partial charge on any atom is 0.305 e. The van der Waals surface area contributed by atoms with Gasteiger partial charge in [0.1, 0.15) is 11.8 Å². The Bertz CT molecular complexity index is 720. The first-order chi connectivity index (χ1) is 13.3. The zero-order chi connectivity index (χ0) is 20.8. The van der Waals surface area contributed by atoms with Crippen molar-refractivity contribution in [2.45, 2.75) is 44.9 Å². The number of para-hydroxylation sites is 1.